The van der Waals surface area contributed by atoms with Crippen molar-refractivity contribution in [3.05, 3.63) is 22.2 Å². The molecule has 1 N–H and O–H groups in total. The maximum absolute atomic E-state index is 9.88. The van der Waals surface area contributed by atoms with Crippen LogP contribution in [0.4, 0.5) is 0 Å². The molecule has 0 spiro atoms. The van der Waals surface area contributed by atoms with Crippen LogP contribution in [0.3, 0.4) is 0 Å². The second kappa shape index (κ2) is 5.93. The fourth-order valence-corrected chi connectivity index (χ4v) is 2.94. The smallest absolute Gasteiger partial charge is 0.172 e. The summed E-state index contributed by atoms with van der Waals surface area (Å²) < 4.78 is 6.15. The van der Waals surface area contributed by atoms with Crippen LogP contribution in [0.1, 0.15) is 32.3 Å². The summed E-state index contributed by atoms with van der Waals surface area (Å²) in [5, 5.41) is 9.88. The highest BCUT2D eigenvalue weighted by Gasteiger charge is 2.21. The van der Waals surface area contributed by atoms with E-state index in [4.69, 9.17) is 4.74 Å². The Hall–Kier alpha value is -0.740. The Morgan fingerprint density at radius 2 is 2.28 bits per heavy atom. The van der Waals surface area contributed by atoms with E-state index in [1.807, 2.05) is 19.1 Å². The first-order valence-corrected chi connectivity index (χ1v) is 7.29. The molecule has 1 aromatic rings. The molecule has 0 aromatic heterocycles. The van der Waals surface area contributed by atoms with E-state index in [2.05, 4.69) is 27.8 Å². The number of halogens is 1. The summed E-state index contributed by atoms with van der Waals surface area (Å²) >= 11 is 3.38. The molecule has 1 aliphatic rings. The van der Waals surface area contributed by atoms with Crippen molar-refractivity contribution in [2.24, 2.45) is 0 Å². The normalized spacial score (nSPS) is 20.3. The quantitative estimate of drug-likeness (QED) is 0.923. The number of nitrogens with zero attached hydrogens (tertiary/aromatic N) is 1. The summed E-state index contributed by atoms with van der Waals surface area (Å²) in [7, 11) is 0. The van der Waals surface area contributed by atoms with Crippen LogP contribution in [0.5, 0.6) is 11.5 Å². The molecule has 1 atom stereocenters. The Morgan fingerprint density at radius 1 is 1.50 bits per heavy atom. The summed E-state index contributed by atoms with van der Waals surface area (Å²) in [6.45, 7) is 6.82. The summed E-state index contributed by atoms with van der Waals surface area (Å²) in [6, 6.07) is 4.56. The molecule has 0 bridgehead atoms. The first kappa shape index (κ1) is 13.7. The van der Waals surface area contributed by atoms with E-state index in [1.165, 1.54) is 18.4 Å². The van der Waals surface area contributed by atoms with E-state index in [0.717, 1.165) is 13.1 Å². The van der Waals surface area contributed by atoms with Crippen molar-refractivity contribution < 1.29 is 9.84 Å². The zero-order valence-electron chi connectivity index (χ0n) is 10.9. The monoisotopic (exact) mass is 313 g/mol. The Labute approximate surface area is 117 Å². The molecule has 0 amide bonds. The molecule has 0 saturated carbocycles. The van der Waals surface area contributed by atoms with Gasteiger partial charge in [-0.05, 0) is 66.9 Å². The van der Waals surface area contributed by atoms with E-state index >= 15 is 0 Å². The maximum Gasteiger partial charge on any atom is 0.172 e. The lowest BCUT2D eigenvalue weighted by molar-refractivity contribution is 0.259. The highest BCUT2D eigenvalue weighted by molar-refractivity contribution is 9.10. The van der Waals surface area contributed by atoms with Gasteiger partial charge < -0.3 is 9.84 Å². The number of ether oxygens (including phenoxy) is 1. The Bertz CT molecular complexity index is 423. The fraction of sp³-hybridized carbons (Fsp3) is 0.571. The van der Waals surface area contributed by atoms with Gasteiger partial charge in [-0.3, -0.25) is 4.90 Å². The van der Waals surface area contributed by atoms with Crippen LogP contribution >= 0.6 is 15.9 Å². The second-order valence-electron chi connectivity index (χ2n) is 4.82. The van der Waals surface area contributed by atoms with E-state index in [0.29, 0.717) is 22.9 Å². The predicted molar refractivity (Wildman–Crippen MR) is 76.1 cm³/mol. The van der Waals surface area contributed by atoms with Gasteiger partial charge in [-0.1, -0.05) is 0 Å². The highest BCUT2D eigenvalue weighted by Crippen LogP contribution is 2.36. The molecule has 1 aliphatic heterocycles. The number of aromatic hydroxyl groups is 1. The summed E-state index contributed by atoms with van der Waals surface area (Å²) in [4.78, 5) is 2.47. The number of phenolic OH excluding ortho intramolecular Hbond substituents is 1. The van der Waals surface area contributed by atoms with Gasteiger partial charge in [0.1, 0.15) is 0 Å². The van der Waals surface area contributed by atoms with Crippen LogP contribution in [-0.2, 0) is 6.54 Å². The van der Waals surface area contributed by atoms with Crippen LogP contribution in [0.15, 0.2) is 16.6 Å². The van der Waals surface area contributed by atoms with Gasteiger partial charge in [0, 0.05) is 12.6 Å². The van der Waals surface area contributed by atoms with Gasteiger partial charge in [0.2, 0.25) is 0 Å². The van der Waals surface area contributed by atoms with Crippen molar-refractivity contribution in [2.45, 2.75) is 39.3 Å². The first-order valence-electron chi connectivity index (χ1n) is 6.50. The minimum absolute atomic E-state index is 0.190. The Kier molecular flexibility index (Phi) is 4.51. The van der Waals surface area contributed by atoms with Crippen LogP contribution < -0.4 is 4.74 Å². The van der Waals surface area contributed by atoms with Crippen molar-refractivity contribution in [3.8, 4) is 11.5 Å². The standard InChI is InChI=1S/C14H20BrNO2/c1-3-18-13-8-11(7-12(15)14(13)17)9-16-6-4-5-10(16)2/h7-8,10,17H,3-6,9H2,1-2H3. The van der Waals surface area contributed by atoms with Crippen LogP contribution in [0.25, 0.3) is 0 Å². The average molecular weight is 314 g/mol. The van der Waals surface area contributed by atoms with E-state index in [1.54, 1.807) is 0 Å². The van der Waals surface area contributed by atoms with Crippen molar-refractivity contribution in [1.29, 1.82) is 0 Å². The molecule has 3 nitrogen and oxygen atoms in total. The third kappa shape index (κ3) is 2.98. The second-order valence-corrected chi connectivity index (χ2v) is 5.67. The third-order valence-corrected chi connectivity index (χ3v) is 4.07. The minimum atomic E-state index is 0.190. The maximum atomic E-state index is 9.88. The number of rotatable bonds is 4. The molecule has 1 aromatic carbocycles. The van der Waals surface area contributed by atoms with Crippen molar-refractivity contribution in [2.75, 3.05) is 13.2 Å². The number of benzene rings is 1. The van der Waals surface area contributed by atoms with Gasteiger partial charge in [-0.15, -0.1) is 0 Å². The predicted octanol–water partition coefficient (Wildman–Crippen LogP) is 3.54. The lowest BCUT2D eigenvalue weighted by atomic mass is 10.1. The van der Waals surface area contributed by atoms with Crippen LogP contribution in [-0.4, -0.2) is 29.2 Å². The van der Waals surface area contributed by atoms with Crippen LogP contribution in [0.2, 0.25) is 0 Å². The number of likely N-dealkylation sites (tertiary alicyclic amines) is 1. The van der Waals surface area contributed by atoms with Crippen molar-refractivity contribution in [1.82, 2.24) is 4.90 Å². The van der Waals surface area contributed by atoms with Gasteiger partial charge in [0.25, 0.3) is 0 Å². The molecule has 0 aliphatic carbocycles. The Balaban J connectivity index is 2.17. The molecule has 0 radical (unpaired) electrons. The zero-order valence-corrected chi connectivity index (χ0v) is 12.5. The van der Waals surface area contributed by atoms with E-state index in [-0.39, 0.29) is 5.75 Å². The summed E-state index contributed by atoms with van der Waals surface area (Å²) in [5.74, 6) is 0.754. The van der Waals surface area contributed by atoms with Crippen molar-refractivity contribution >= 4 is 15.9 Å². The SMILES string of the molecule is CCOc1cc(CN2CCCC2C)cc(Br)c1O. The van der Waals surface area contributed by atoms with Gasteiger partial charge in [0.15, 0.2) is 11.5 Å². The topological polar surface area (TPSA) is 32.7 Å². The molecule has 1 heterocycles. The molecule has 1 fully saturated rings. The molecule has 1 unspecified atom stereocenters. The fourth-order valence-electron chi connectivity index (χ4n) is 2.45. The Morgan fingerprint density at radius 3 is 2.89 bits per heavy atom. The largest absolute Gasteiger partial charge is 0.503 e. The number of hydrogen-bond acceptors (Lipinski definition) is 3. The highest BCUT2D eigenvalue weighted by atomic mass is 79.9. The van der Waals surface area contributed by atoms with E-state index in [9.17, 15) is 5.11 Å². The average Bonchev–Trinajstić information content (AvgIpc) is 2.72. The van der Waals surface area contributed by atoms with Crippen LogP contribution in [0, 0.1) is 0 Å². The van der Waals surface area contributed by atoms with Gasteiger partial charge in [0.05, 0.1) is 11.1 Å². The lowest BCUT2D eigenvalue weighted by Crippen LogP contribution is -2.26. The van der Waals surface area contributed by atoms with Gasteiger partial charge >= 0.3 is 0 Å². The van der Waals surface area contributed by atoms with Crippen molar-refractivity contribution in [3.63, 3.8) is 0 Å². The molecule has 2 rings (SSSR count). The molecule has 100 valence electrons. The summed E-state index contributed by atoms with van der Waals surface area (Å²) in [6.07, 6.45) is 2.55. The molecule has 18 heavy (non-hydrogen) atoms. The number of phenols is 1. The third-order valence-electron chi connectivity index (χ3n) is 3.46. The first-order chi connectivity index (χ1) is 8.61. The van der Waals surface area contributed by atoms with E-state index < -0.39 is 0 Å². The number of hydrogen-bond donors (Lipinski definition) is 1. The summed E-state index contributed by atoms with van der Waals surface area (Å²) in [5.41, 5.74) is 1.18. The molecular formula is C14H20BrNO2. The minimum Gasteiger partial charge on any atom is -0.503 e. The lowest BCUT2D eigenvalue weighted by Gasteiger charge is -2.21. The van der Waals surface area contributed by atoms with Gasteiger partial charge in [-0.25, -0.2) is 0 Å². The molecule has 4 heteroatoms. The van der Waals surface area contributed by atoms with Gasteiger partial charge in [-0.2, -0.15) is 0 Å². The zero-order chi connectivity index (χ0) is 13.1. The molecule has 1 saturated heterocycles. The molecular weight excluding hydrogens is 294 g/mol.